The summed E-state index contributed by atoms with van der Waals surface area (Å²) in [5.74, 6) is -0.484. The molecule has 0 saturated heterocycles. The molecule has 3 heterocycles. The maximum atomic E-state index is 12.6. The molecule has 0 radical (unpaired) electrons. The van der Waals surface area contributed by atoms with Gasteiger partial charge in [-0.1, -0.05) is 48.0 Å². The van der Waals surface area contributed by atoms with E-state index in [-0.39, 0.29) is 11.5 Å². The number of carbonyl (C=O) groups excluding carboxylic acids is 1. The quantitative estimate of drug-likeness (QED) is 0.459. The van der Waals surface area contributed by atoms with Crippen LogP contribution in [0.3, 0.4) is 0 Å². The summed E-state index contributed by atoms with van der Waals surface area (Å²) in [7, 11) is 0. The Bertz CT molecular complexity index is 1430. The summed E-state index contributed by atoms with van der Waals surface area (Å²) < 4.78 is 6.90. The molecule has 2 aromatic carbocycles. The summed E-state index contributed by atoms with van der Waals surface area (Å²) in [6.07, 6.45) is 0. The number of amides is 1. The number of hydrogen-bond acceptors (Lipinski definition) is 6. The van der Waals surface area contributed by atoms with E-state index >= 15 is 0 Å². The molecule has 7 nitrogen and oxygen atoms in total. The SMILES string of the molecule is Cc1ccc(-c2csc3nc(NC(=O)c4cc5ccccc5oc4=O)nn23)cc1. The number of hydrogen-bond donors (Lipinski definition) is 1. The summed E-state index contributed by atoms with van der Waals surface area (Å²) in [6.45, 7) is 2.03. The van der Waals surface area contributed by atoms with Crippen LogP contribution < -0.4 is 10.9 Å². The molecule has 0 aliphatic rings. The third-order valence-electron chi connectivity index (χ3n) is 4.54. The number of carbonyl (C=O) groups is 1. The minimum absolute atomic E-state index is 0.0967. The third-order valence-corrected chi connectivity index (χ3v) is 5.36. The Labute approximate surface area is 168 Å². The first-order chi connectivity index (χ1) is 14.1. The maximum absolute atomic E-state index is 12.6. The molecular formula is C21H14N4O3S. The van der Waals surface area contributed by atoms with Crippen LogP contribution in [0.4, 0.5) is 5.95 Å². The summed E-state index contributed by atoms with van der Waals surface area (Å²) in [5, 5.41) is 9.60. The van der Waals surface area contributed by atoms with Crippen LogP contribution in [-0.2, 0) is 0 Å². The number of aromatic nitrogens is 3. The van der Waals surface area contributed by atoms with Gasteiger partial charge in [0.1, 0.15) is 11.1 Å². The van der Waals surface area contributed by atoms with E-state index in [0.29, 0.717) is 15.9 Å². The topological polar surface area (TPSA) is 89.5 Å². The molecule has 3 aromatic heterocycles. The largest absolute Gasteiger partial charge is 0.422 e. The van der Waals surface area contributed by atoms with Crippen molar-refractivity contribution >= 4 is 39.1 Å². The van der Waals surface area contributed by atoms with E-state index < -0.39 is 11.5 Å². The minimum Gasteiger partial charge on any atom is -0.422 e. The fourth-order valence-electron chi connectivity index (χ4n) is 3.05. The molecule has 29 heavy (non-hydrogen) atoms. The zero-order valence-electron chi connectivity index (χ0n) is 15.2. The van der Waals surface area contributed by atoms with E-state index in [4.69, 9.17) is 4.42 Å². The third kappa shape index (κ3) is 3.09. The highest BCUT2D eigenvalue weighted by Crippen LogP contribution is 2.26. The van der Waals surface area contributed by atoms with Gasteiger partial charge >= 0.3 is 5.63 Å². The lowest BCUT2D eigenvalue weighted by atomic mass is 10.1. The van der Waals surface area contributed by atoms with Crippen molar-refractivity contribution in [3.05, 3.63) is 81.5 Å². The van der Waals surface area contributed by atoms with E-state index in [1.54, 1.807) is 22.7 Å². The first-order valence-electron chi connectivity index (χ1n) is 8.84. The Hall–Kier alpha value is -3.78. The molecule has 5 rings (SSSR count). The van der Waals surface area contributed by atoms with Crippen molar-refractivity contribution in [1.82, 2.24) is 14.6 Å². The molecule has 142 valence electrons. The predicted molar refractivity (Wildman–Crippen MR) is 111 cm³/mol. The number of thiazole rings is 1. The van der Waals surface area contributed by atoms with Crippen LogP contribution >= 0.6 is 11.3 Å². The number of para-hydroxylation sites is 1. The molecule has 0 aliphatic heterocycles. The van der Waals surface area contributed by atoms with Gasteiger partial charge in [0, 0.05) is 16.3 Å². The number of rotatable bonds is 3. The van der Waals surface area contributed by atoms with Crippen LogP contribution in [0.25, 0.3) is 27.2 Å². The Morgan fingerprint density at radius 2 is 1.93 bits per heavy atom. The second kappa shape index (κ2) is 6.68. The Morgan fingerprint density at radius 1 is 1.14 bits per heavy atom. The molecule has 0 aliphatic carbocycles. The Kier molecular flexibility index (Phi) is 3.99. The van der Waals surface area contributed by atoms with Gasteiger partial charge in [-0.2, -0.15) is 4.98 Å². The van der Waals surface area contributed by atoms with E-state index in [9.17, 15) is 9.59 Å². The molecule has 0 bridgehead atoms. The summed E-state index contributed by atoms with van der Waals surface area (Å²) >= 11 is 1.42. The van der Waals surface area contributed by atoms with Crippen molar-refractivity contribution in [2.45, 2.75) is 6.92 Å². The fraction of sp³-hybridized carbons (Fsp3) is 0.0476. The second-order valence-corrected chi connectivity index (χ2v) is 7.39. The van der Waals surface area contributed by atoms with Crippen molar-refractivity contribution in [2.75, 3.05) is 5.32 Å². The minimum atomic E-state index is -0.706. The van der Waals surface area contributed by atoms with E-state index in [1.165, 1.54) is 23.0 Å². The van der Waals surface area contributed by atoms with Crippen LogP contribution in [-0.4, -0.2) is 20.5 Å². The average molecular weight is 402 g/mol. The van der Waals surface area contributed by atoms with Crippen LogP contribution in [0, 0.1) is 6.92 Å². The highest BCUT2D eigenvalue weighted by Gasteiger charge is 2.17. The van der Waals surface area contributed by atoms with Crippen molar-refractivity contribution < 1.29 is 9.21 Å². The number of anilines is 1. The molecule has 0 spiro atoms. The standard InChI is InChI=1S/C21H14N4O3S/c1-12-6-8-13(9-7-12)16-11-29-21-23-20(24-25(16)21)22-18(26)15-10-14-4-2-3-5-17(14)28-19(15)27/h2-11H,1H3,(H,22,24,26). The molecule has 0 saturated carbocycles. The van der Waals surface area contributed by atoms with Crippen LogP contribution in [0.2, 0.25) is 0 Å². The molecular weight excluding hydrogens is 388 g/mol. The van der Waals surface area contributed by atoms with Crippen molar-refractivity contribution in [3.63, 3.8) is 0 Å². The van der Waals surface area contributed by atoms with Gasteiger partial charge in [-0.3, -0.25) is 10.1 Å². The molecule has 0 atom stereocenters. The average Bonchev–Trinajstić information content (AvgIpc) is 3.28. The number of benzene rings is 2. The van der Waals surface area contributed by atoms with E-state index in [0.717, 1.165) is 11.3 Å². The smallest absolute Gasteiger partial charge is 0.349 e. The van der Waals surface area contributed by atoms with Gasteiger partial charge in [-0.25, -0.2) is 9.31 Å². The van der Waals surface area contributed by atoms with Gasteiger partial charge in [-0.15, -0.1) is 16.4 Å². The van der Waals surface area contributed by atoms with Crippen LogP contribution in [0.15, 0.2) is 69.2 Å². The lowest BCUT2D eigenvalue weighted by molar-refractivity contribution is 0.102. The van der Waals surface area contributed by atoms with Crippen LogP contribution in [0.5, 0.6) is 0 Å². The fourth-order valence-corrected chi connectivity index (χ4v) is 3.88. The number of fused-ring (bicyclic) bond motifs is 2. The van der Waals surface area contributed by atoms with Gasteiger partial charge < -0.3 is 4.42 Å². The molecule has 8 heteroatoms. The maximum Gasteiger partial charge on any atom is 0.349 e. The summed E-state index contributed by atoms with van der Waals surface area (Å²) in [4.78, 5) is 29.8. The van der Waals surface area contributed by atoms with Gasteiger partial charge in [0.2, 0.25) is 4.96 Å². The molecule has 0 unspecified atom stereocenters. The zero-order chi connectivity index (χ0) is 20.0. The van der Waals surface area contributed by atoms with E-state index in [1.807, 2.05) is 42.6 Å². The lowest BCUT2D eigenvalue weighted by Gasteiger charge is -2.02. The van der Waals surface area contributed by atoms with Crippen molar-refractivity contribution in [2.24, 2.45) is 0 Å². The zero-order valence-corrected chi connectivity index (χ0v) is 16.1. The number of aryl methyl sites for hydroxylation is 1. The van der Waals surface area contributed by atoms with Crippen LogP contribution in [0.1, 0.15) is 15.9 Å². The van der Waals surface area contributed by atoms with Gasteiger partial charge in [0.15, 0.2) is 0 Å². The molecule has 1 amide bonds. The molecule has 0 fully saturated rings. The lowest BCUT2D eigenvalue weighted by Crippen LogP contribution is -2.21. The molecule has 5 aromatic rings. The highest BCUT2D eigenvalue weighted by atomic mass is 32.1. The predicted octanol–water partition coefficient (Wildman–Crippen LogP) is 4.12. The van der Waals surface area contributed by atoms with Gasteiger partial charge in [0.25, 0.3) is 11.9 Å². The van der Waals surface area contributed by atoms with Gasteiger partial charge in [-0.05, 0) is 19.1 Å². The highest BCUT2D eigenvalue weighted by molar-refractivity contribution is 7.15. The van der Waals surface area contributed by atoms with Gasteiger partial charge in [0.05, 0.1) is 5.69 Å². The monoisotopic (exact) mass is 402 g/mol. The summed E-state index contributed by atoms with van der Waals surface area (Å²) in [5.41, 5.74) is 2.67. The number of nitrogens with one attached hydrogen (secondary N) is 1. The van der Waals surface area contributed by atoms with Crippen molar-refractivity contribution in [1.29, 1.82) is 0 Å². The normalized spacial score (nSPS) is 11.2. The second-order valence-electron chi connectivity index (χ2n) is 6.56. The first kappa shape index (κ1) is 17.3. The van der Waals surface area contributed by atoms with Crippen molar-refractivity contribution in [3.8, 4) is 11.3 Å². The Morgan fingerprint density at radius 3 is 2.76 bits per heavy atom. The number of nitrogens with zero attached hydrogens (tertiary/aromatic N) is 3. The van der Waals surface area contributed by atoms with E-state index in [2.05, 4.69) is 15.4 Å². The first-order valence-corrected chi connectivity index (χ1v) is 9.72. The summed E-state index contributed by atoms with van der Waals surface area (Å²) in [6, 6.07) is 16.6. The molecule has 1 N–H and O–H groups in total. The Balaban J connectivity index is 1.48.